The Labute approximate surface area is 122 Å². The van der Waals surface area contributed by atoms with E-state index < -0.39 is 0 Å². The summed E-state index contributed by atoms with van der Waals surface area (Å²) >= 11 is 0. The second-order valence-corrected chi connectivity index (χ2v) is 6.91. The minimum atomic E-state index is -0.149. The maximum absolute atomic E-state index is 13.6. The van der Waals surface area contributed by atoms with Crippen LogP contribution < -0.4 is 10.2 Å². The maximum Gasteiger partial charge on any atom is 0.123 e. The molecule has 20 heavy (non-hydrogen) atoms. The van der Waals surface area contributed by atoms with Crippen LogP contribution in [0.1, 0.15) is 52.5 Å². The first-order chi connectivity index (χ1) is 9.37. The average molecular weight is 278 g/mol. The van der Waals surface area contributed by atoms with Crippen molar-refractivity contribution < 1.29 is 4.39 Å². The third-order valence-electron chi connectivity index (χ3n) is 3.96. The monoisotopic (exact) mass is 278 g/mol. The van der Waals surface area contributed by atoms with Crippen molar-refractivity contribution in [2.24, 2.45) is 0 Å². The van der Waals surface area contributed by atoms with E-state index >= 15 is 0 Å². The first kappa shape index (κ1) is 15.3. The van der Waals surface area contributed by atoms with Gasteiger partial charge in [-0.15, -0.1) is 0 Å². The van der Waals surface area contributed by atoms with Crippen LogP contribution in [0.2, 0.25) is 0 Å². The predicted octanol–water partition coefficient (Wildman–Crippen LogP) is 4.09. The van der Waals surface area contributed by atoms with Gasteiger partial charge in [0.25, 0.3) is 0 Å². The number of hydrogen-bond acceptors (Lipinski definition) is 2. The summed E-state index contributed by atoms with van der Waals surface area (Å²) in [4.78, 5) is 2.43. The van der Waals surface area contributed by atoms with Gasteiger partial charge < -0.3 is 10.2 Å². The van der Waals surface area contributed by atoms with Crippen LogP contribution in [-0.4, -0.2) is 18.1 Å². The molecule has 1 atom stereocenters. The molecule has 0 radical (unpaired) electrons. The third-order valence-corrected chi connectivity index (χ3v) is 3.96. The van der Waals surface area contributed by atoms with Gasteiger partial charge >= 0.3 is 0 Å². The molecule has 1 heterocycles. The average Bonchev–Trinajstić information content (AvgIpc) is 2.37. The first-order valence-corrected chi connectivity index (χ1v) is 7.67. The Bertz CT molecular complexity index is 451. The second kappa shape index (κ2) is 6.13. The molecule has 1 N–H and O–H groups in total. The number of rotatable bonds is 3. The van der Waals surface area contributed by atoms with Crippen LogP contribution in [0.25, 0.3) is 0 Å². The Kier molecular flexibility index (Phi) is 4.69. The molecule has 0 aromatic heterocycles. The molecule has 3 heteroatoms. The summed E-state index contributed by atoms with van der Waals surface area (Å²) in [6, 6.07) is 5.74. The summed E-state index contributed by atoms with van der Waals surface area (Å²) in [5.74, 6) is -0.149. The van der Waals surface area contributed by atoms with Gasteiger partial charge in [-0.1, -0.05) is 0 Å². The number of nitrogens with one attached hydrogen (secondary N) is 1. The molecular formula is C17H27FN2. The molecule has 2 rings (SSSR count). The highest BCUT2D eigenvalue weighted by molar-refractivity contribution is 5.55. The van der Waals surface area contributed by atoms with E-state index in [1.54, 1.807) is 12.1 Å². The fourth-order valence-electron chi connectivity index (χ4n) is 2.79. The van der Waals surface area contributed by atoms with Crippen molar-refractivity contribution in [1.82, 2.24) is 5.32 Å². The minimum Gasteiger partial charge on any atom is -0.369 e. The van der Waals surface area contributed by atoms with Crippen LogP contribution >= 0.6 is 0 Å². The molecule has 0 spiro atoms. The smallest absolute Gasteiger partial charge is 0.123 e. The quantitative estimate of drug-likeness (QED) is 0.895. The lowest BCUT2D eigenvalue weighted by Crippen LogP contribution is -2.39. The first-order valence-electron chi connectivity index (χ1n) is 7.67. The van der Waals surface area contributed by atoms with Gasteiger partial charge in [-0.3, -0.25) is 0 Å². The van der Waals surface area contributed by atoms with Crippen molar-refractivity contribution in [2.75, 3.05) is 11.4 Å². The molecular weight excluding hydrogens is 251 g/mol. The lowest BCUT2D eigenvalue weighted by atomic mass is 10.0. The Morgan fingerprint density at radius 1 is 1.30 bits per heavy atom. The van der Waals surface area contributed by atoms with E-state index in [1.807, 2.05) is 6.07 Å². The van der Waals surface area contributed by atoms with Crippen LogP contribution in [0, 0.1) is 5.82 Å². The van der Waals surface area contributed by atoms with Crippen molar-refractivity contribution in [3.63, 3.8) is 0 Å². The summed E-state index contributed by atoms with van der Waals surface area (Å²) in [6.45, 7) is 10.5. The highest BCUT2D eigenvalue weighted by atomic mass is 19.1. The molecule has 0 aliphatic carbocycles. The maximum atomic E-state index is 13.6. The van der Waals surface area contributed by atoms with Crippen molar-refractivity contribution in [3.8, 4) is 0 Å². The largest absolute Gasteiger partial charge is 0.369 e. The summed E-state index contributed by atoms with van der Waals surface area (Å²) in [5.41, 5.74) is 2.29. The Balaban J connectivity index is 2.23. The SMILES string of the molecule is CC1CCCCN1c1ccc(F)cc1CNC(C)(C)C. The third kappa shape index (κ3) is 3.95. The molecule has 112 valence electrons. The van der Waals surface area contributed by atoms with Crippen LogP contribution in [0.3, 0.4) is 0 Å². The number of piperidine rings is 1. The van der Waals surface area contributed by atoms with Crippen LogP contribution in [0.5, 0.6) is 0 Å². The standard InChI is InChI=1S/C17H27FN2/c1-13-7-5-6-10-20(13)16-9-8-15(18)11-14(16)12-19-17(2,3)4/h8-9,11,13,19H,5-7,10,12H2,1-4H3. The lowest BCUT2D eigenvalue weighted by Gasteiger charge is -2.37. The Morgan fingerprint density at radius 3 is 2.70 bits per heavy atom. The van der Waals surface area contributed by atoms with Crippen LogP contribution in [-0.2, 0) is 6.54 Å². The molecule has 0 amide bonds. The van der Waals surface area contributed by atoms with E-state index in [1.165, 1.54) is 24.9 Å². The molecule has 1 saturated heterocycles. The van der Waals surface area contributed by atoms with Gasteiger partial charge in [0.1, 0.15) is 5.82 Å². The van der Waals surface area contributed by atoms with Crippen molar-refractivity contribution in [1.29, 1.82) is 0 Å². The van der Waals surface area contributed by atoms with Crippen molar-refractivity contribution >= 4 is 5.69 Å². The normalized spacial score (nSPS) is 20.2. The fourth-order valence-corrected chi connectivity index (χ4v) is 2.79. The summed E-state index contributed by atoms with van der Waals surface area (Å²) in [6.07, 6.45) is 3.76. The summed E-state index contributed by atoms with van der Waals surface area (Å²) in [5, 5.41) is 3.47. The molecule has 1 aromatic rings. The number of halogens is 1. The number of anilines is 1. The molecule has 0 saturated carbocycles. The zero-order chi connectivity index (χ0) is 14.8. The van der Waals surface area contributed by atoms with E-state index in [4.69, 9.17) is 0 Å². The zero-order valence-electron chi connectivity index (χ0n) is 13.2. The van der Waals surface area contributed by atoms with E-state index in [2.05, 4.69) is 37.9 Å². The van der Waals surface area contributed by atoms with Crippen LogP contribution in [0.4, 0.5) is 10.1 Å². The Morgan fingerprint density at radius 2 is 2.05 bits per heavy atom. The molecule has 1 aliphatic heterocycles. The highest BCUT2D eigenvalue weighted by Crippen LogP contribution is 2.28. The van der Waals surface area contributed by atoms with Gasteiger partial charge in [0.2, 0.25) is 0 Å². The fraction of sp³-hybridized carbons (Fsp3) is 0.647. The van der Waals surface area contributed by atoms with E-state index in [-0.39, 0.29) is 11.4 Å². The number of hydrogen-bond donors (Lipinski definition) is 1. The number of nitrogens with zero attached hydrogens (tertiary/aromatic N) is 1. The van der Waals surface area contributed by atoms with Gasteiger partial charge in [0.05, 0.1) is 0 Å². The van der Waals surface area contributed by atoms with Gasteiger partial charge in [0, 0.05) is 30.4 Å². The number of benzene rings is 1. The molecule has 1 aromatic carbocycles. The highest BCUT2D eigenvalue weighted by Gasteiger charge is 2.21. The second-order valence-electron chi connectivity index (χ2n) is 6.91. The predicted molar refractivity (Wildman–Crippen MR) is 83.7 cm³/mol. The minimum absolute atomic E-state index is 0.0388. The Hall–Kier alpha value is -1.09. The van der Waals surface area contributed by atoms with Crippen LogP contribution in [0.15, 0.2) is 18.2 Å². The zero-order valence-corrected chi connectivity index (χ0v) is 13.2. The van der Waals surface area contributed by atoms with Gasteiger partial charge in [-0.2, -0.15) is 0 Å². The van der Waals surface area contributed by atoms with Crippen molar-refractivity contribution in [3.05, 3.63) is 29.6 Å². The molecule has 1 unspecified atom stereocenters. The van der Waals surface area contributed by atoms with E-state index in [0.717, 1.165) is 12.1 Å². The summed E-state index contributed by atoms with van der Waals surface area (Å²) in [7, 11) is 0. The topological polar surface area (TPSA) is 15.3 Å². The van der Waals surface area contributed by atoms with Gasteiger partial charge in [-0.05, 0) is 70.7 Å². The van der Waals surface area contributed by atoms with E-state index in [9.17, 15) is 4.39 Å². The van der Waals surface area contributed by atoms with Gasteiger partial charge in [-0.25, -0.2) is 4.39 Å². The van der Waals surface area contributed by atoms with Gasteiger partial charge in [0.15, 0.2) is 0 Å². The lowest BCUT2D eigenvalue weighted by molar-refractivity contribution is 0.422. The van der Waals surface area contributed by atoms with Crippen molar-refractivity contribution in [2.45, 2.75) is 65.1 Å². The summed E-state index contributed by atoms with van der Waals surface area (Å²) < 4.78 is 13.6. The van der Waals surface area contributed by atoms with E-state index in [0.29, 0.717) is 12.6 Å². The molecule has 2 nitrogen and oxygen atoms in total. The molecule has 1 aliphatic rings. The molecule has 1 fully saturated rings. The molecule has 0 bridgehead atoms.